The Kier molecular flexibility index (Phi) is 1.69. The van der Waals surface area contributed by atoms with Gasteiger partial charge in [0.2, 0.25) is 0 Å². The SMILES string of the molecule is O=S(=O)(F)c1csc(C2CC2)n1. The van der Waals surface area contributed by atoms with Crippen LogP contribution < -0.4 is 0 Å². The highest BCUT2D eigenvalue weighted by Crippen LogP contribution is 2.41. The van der Waals surface area contributed by atoms with Crippen LogP contribution in [-0.2, 0) is 10.2 Å². The monoisotopic (exact) mass is 207 g/mol. The molecule has 0 atom stereocenters. The van der Waals surface area contributed by atoms with E-state index >= 15 is 0 Å². The Bertz CT molecular complexity index is 393. The molecule has 1 heterocycles. The number of halogens is 1. The van der Waals surface area contributed by atoms with Crippen LogP contribution in [0.1, 0.15) is 23.8 Å². The summed E-state index contributed by atoms with van der Waals surface area (Å²) in [5.74, 6) is 0.380. The lowest BCUT2D eigenvalue weighted by Gasteiger charge is -1.85. The van der Waals surface area contributed by atoms with Gasteiger partial charge in [0.25, 0.3) is 0 Å². The molecule has 0 saturated heterocycles. The molecule has 2 rings (SSSR count). The largest absolute Gasteiger partial charge is 0.350 e. The maximum atomic E-state index is 12.3. The van der Waals surface area contributed by atoms with Crippen LogP contribution in [-0.4, -0.2) is 13.4 Å². The Morgan fingerprint density at radius 3 is 2.67 bits per heavy atom. The number of nitrogens with zero attached hydrogens (tertiary/aromatic N) is 1. The smallest absolute Gasteiger partial charge is 0.227 e. The molecule has 1 fully saturated rings. The summed E-state index contributed by atoms with van der Waals surface area (Å²) in [6.45, 7) is 0. The first-order chi connectivity index (χ1) is 5.57. The van der Waals surface area contributed by atoms with E-state index in [-0.39, 0.29) is 0 Å². The second-order valence-corrected chi connectivity index (χ2v) is 4.92. The molecule has 0 bridgehead atoms. The van der Waals surface area contributed by atoms with Gasteiger partial charge in [0, 0.05) is 11.3 Å². The van der Waals surface area contributed by atoms with E-state index in [0.29, 0.717) is 5.92 Å². The predicted octanol–water partition coefficient (Wildman–Crippen LogP) is 1.68. The van der Waals surface area contributed by atoms with Crippen LogP contribution in [0.25, 0.3) is 0 Å². The second-order valence-electron chi connectivity index (χ2n) is 2.74. The van der Waals surface area contributed by atoms with Gasteiger partial charge in [0.1, 0.15) is 0 Å². The molecule has 66 valence electrons. The van der Waals surface area contributed by atoms with Crippen LogP contribution in [0.5, 0.6) is 0 Å². The van der Waals surface area contributed by atoms with E-state index in [1.165, 1.54) is 16.7 Å². The molecule has 0 N–H and O–H groups in total. The minimum absolute atomic E-state index is 0.380. The van der Waals surface area contributed by atoms with Crippen molar-refractivity contribution in [1.82, 2.24) is 4.98 Å². The van der Waals surface area contributed by atoms with Crippen molar-refractivity contribution in [3.05, 3.63) is 10.4 Å². The zero-order chi connectivity index (χ0) is 8.77. The minimum Gasteiger partial charge on any atom is -0.227 e. The Balaban J connectivity index is 2.35. The number of thiazole rings is 1. The fraction of sp³-hybridized carbons (Fsp3) is 0.500. The van der Waals surface area contributed by atoms with Crippen molar-refractivity contribution < 1.29 is 12.3 Å². The molecule has 0 radical (unpaired) electrons. The van der Waals surface area contributed by atoms with Crippen LogP contribution in [0.3, 0.4) is 0 Å². The second kappa shape index (κ2) is 2.50. The lowest BCUT2D eigenvalue weighted by Crippen LogP contribution is -1.92. The Morgan fingerprint density at radius 1 is 1.58 bits per heavy atom. The van der Waals surface area contributed by atoms with Crippen molar-refractivity contribution in [2.75, 3.05) is 0 Å². The molecule has 3 nitrogen and oxygen atoms in total. The van der Waals surface area contributed by atoms with Crippen molar-refractivity contribution in [1.29, 1.82) is 0 Å². The normalized spacial score (nSPS) is 18.1. The van der Waals surface area contributed by atoms with E-state index in [1.807, 2.05) is 0 Å². The van der Waals surface area contributed by atoms with Crippen molar-refractivity contribution in [2.24, 2.45) is 0 Å². The van der Waals surface area contributed by atoms with Crippen LogP contribution in [0, 0.1) is 0 Å². The van der Waals surface area contributed by atoms with Crippen molar-refractivity contribution in [2.45, 2.75) is 23.8 Å². The molecule has 0 aliphatic heterocycles. The maximum Gasteiger partial charge on any atom is 0.350 e. The molecule has 1 aromatic heterocycles. The summed E-state index contributed by atoms with van der Waals surface area (Å²) >= 11 is 1.22. The Morgan fingerprint density at radius 2 is 2.25 bits per heavy atom. The summed E-state index contributed by atoms with van der Waals surface area (Å²) in [5, 5.41) is 1.56. The minimum atomic E-state index is -4.59. The Hall–Kier alpha value is -0.490. The highest BCUT2D eigenvalue weighted by atomic mass is 32.3. The summed E-state index contributed by atoms with van der Waals surface area (Å²) < 4.78 is 33.1. The topological polar surface area (TPSA) is 47.0 Å². The third-order valence-corrected chi connectivity index (χ3v) is 3.54. The van der Waals surface area contributed by atoms with Gasteiger partial charge >= 0.3 is 10.2 Å². The van der Waals surface area contributed by atoms with Gasteiger partial charge in [-0.15, -0.1) is 11.3 Å². The van der Waals surface area contributed by atoms with Crippen LogP contribution in [0.4, 0.5) is 3.89 Å². The van der Waals surface area contributed by atoms with Crippen LogP contribution in [0.2, 0.25) is 0 Å². The van der Waals surface area contributed by atoms with Gasteiger partial charge in [-0.2, -0.15) is 8.42 Å². The van der Waals surface area contributed by atoms with Gasteiger partial charge in [-0.25, -0.2) is 4.98 Å². The molecule has 0 unspecified atom stereocenters. The van der Waals surface area contributed by atoms with E-state index in [0.717, 1.165) is 17.8 Å². The lowest BCUT2D eigenvalue weighted by molar-refractivity contribution is 0.548. The van der Waals surface area contributed by atoms with Gasteiger partial charge in [-0.1, -0.05) is 3.89 Å². The molecule has 6 heteroatoms. The first-order valence-corrected chi connectivity index (χ1v) is 5.74. The van der Waals surface area contributed by atoms with Gasteiger partial charge in [-0.3, -0.25) is 0 Å². The molecule has 0 spiro atoms. The molecule has 1 saturated carbocycles. The average Bonchev–Trinajstić information content (AvgIpc) is 2.66. The highest BCUT2D eigenvalue weighted by Gasteiger charge is 2.28. The number of hydrogen-bond donors (Lipinski definition) is 0. The molecule has 0 aromatic carbocycles. The van der Waals surface area contributed by atoms with E-state index in [9.17, 15) is 12.3 Å². The predicted molar refractivity (Wildman–Crippen MR) is 42.4 cm³/mol. The fourth-order valence-electron chi connectivity index (χ4n) is 0.902. The number of rotatable bonds is 2. The average molecular weight is 207 g/mol. The summed E-state index contributed by atoms with van der Waals surface area (Å²) in [4.78, 5) is 3.70. The van der Waals surface area contributed by atoms with E-state index in [2.05, 4.69) is 4.98 Å². The summed E-state index contributed by atoms with van der Waals surface area (Å²) in [6, 6.07) is 0. The van der Waals surface area contributed by atoms with Crippen LogP contribution >= 0.6 is 11.3 Å². The van der Waals surface area contributed by atoms with E-state index < -0.39 is 15.2 Å². The van der Waals surface area contributed by atoms with E-state index in [4.69, 9.17) is 0 Å². The summed E-state index contributed by atoms with van der Waals surface area (Å²) in [6.07, 6.45) is 2.08. The van der Waals surface area contributed by atoms with Gasteiger partial charge in [-0.05, 0) is 12.8 Å². The van der Waals surface area contributed by atoms with Crippen molar-refractivity contribution in [3.63, 3.8) is 0 Å². The zero-order valence-electron chi connectivity index (χ0n) is 6.03. The first-order valence-electron chi connectivity index (χ1n) is 3.47. The molecule has 12 heavy (non-hydrogen) atoms. The van der Waals surface area contributed by atoms with Crippen molar-refractivity contribution in [3.8, 4) is 0 Å². The molecule has 0 amide bonds. The van der Waals surface area contributed by atoms with Crippen LogP contribution in [0.15, 0.2) is 10.4 Å². The maximum absolute atomic E-state index is 12.3. The van der Waals surface area contributed by atoms with Crippen molar-refractivity contribution >= 4 is 21.6 Å². The summed E-state index contributed by atoms with van der Waals surface area (Å²) in [5.41, 5.74) is 0. The fourth-order valence-corrected chi connectivity index (χ4v) is 2.62. The van der Waals surface area contributed by atoms with Gasteiger partial charge in [0.05, 0.1) is 5.01 Å². The summed E-state index contributed by atoms with van der Waals surface area (Å²) in [7, 11) is -4.59. The van der Waals surface area contributed by atoms with Gasteiger partial charge in [0.15, 0.2) is 5.03 Å². The quantitative estimate of drug-likeness (QED) is 0.693. The number of hydrogen-bond acceptors (Lipinski definition) is 4. The lowest BCUT2D eigenvalue weighted by atomic mass is 10.5. The third kappa shape index (κ3) is 1.49. The zero-order valence-corrected chi connectivity index (χ0v) is 7.66. The highest BCUT2D eigenvalue weighted by molar-refractivity contribution is 7.86. The third-order valence-electron chi connectivity index (χ3n) is 1.68. The molecular formula is C6H6FNO2S2. The number of aromatic nitrogens is 1. The molecular weight excluding hydrogens is 201 g/mol. The standard InChI is InChI=1S/C6H6FNO2S2/c7-12(9,10)5-3-11-6(8-5)4-1-2-4/h3-4H,1-2H2. The molecule has 1 aromatic rings. The Labute approximate surface area is 73.5 Å². The van der Waals surface area contributed by atoms with Gasteiger partial charge < -0.3 is 0 Å². The first kappa shape index (κ1) is 8.12. The molecule has 1 aliphatic carbocycles. The van der Waals surface area contributed by atoms with E-state index in [1.54, 1.807) is 0 Å². The molecule has 1 aliphatic rings.